The van der Waals surface area contributed by atoms with Crippen molar-refractivity contribution in [3.05, 3.63) is 96.4 Å². The molecule has 0 amide bonds. The van der Waals surface area contributed by atoms with Crippen molar-refractivity contribution in [1.82, 2.24) is 20.2 Å². The van der Waals surface area contributed by atoms with Crippen molar-refractivity contribution in [3.8, 4) is 0 Å². The van der Waals surface area contributed by atoms with Crippen LogP contribution in [0.2, 0.25) is 0 Å². The van der Waals surface area contributed by atoms with E-state index in [0.717, 1.165) is 61.6 Å². The average Bonchev–Trinajstić information content (AvgIpc) is 2.92. The topological polar surface area (TPSA) is 58.0 Å². The maximum Gasteiger partial charge on any atom is 0.129 e. The zero-order valence-corrected chi connectivity index (χ0v) is 20.2. The Morgan fingerprint density at radius 2 is 1.33 bits per heavy atom. The Hall–Kier alpha value is -4.06. The van der Waals surface area contributed by atoms with E-state index in [1.807, 2.05) is 12.3 Å². The second-order valence-electron chi connectivity index (χ2n) is 9.96. The Labute approximate surface area is 210 Å². The number of pyridine rings is 2. The van der Waals surface area contributed by atoms with Gasteiger partial charge >= 0.3 is 0 Å². The van der Waals surface area contributed by atoms with Gasteiger partial charge in [-0.25, -0.2) is 4.98 Å². The minimum atomic E-state index is 0.377. The fourth-order valence-corrected chi connectivity index (χ4v) is 5.69. The van der Waals surface area contributed by atoms with Crippen LogP contribution in [0.1, 0.15) is 36.1 Å². The van der Waals surface area contributed by atoms with Gasteiger partial charge in [0.05, 0.1) is 28.6 Å². The van der Waals surface area contributed by atoms with Crippen LogP contribution in [0.3, 0.4) is 0 Å². The molecule has 0 saturated carbocycles. The molecule has 2 aliphatic rings. The van der Waals surface area contributed by atoms with Crippen molar-refractivity contribution >= 4 is 33.3 Å². The average molecular weight is 473 g/mol. The van der Waals surface area contributed by atoms with E-state index in [1.165, 1.54) is 22.2 Å². The van der Waals surface area contributed by atoms with E-state index in [9.17, 15) is 0 Å². The number of hydrogen-bond acceptors (Lipinski definition) is 6. The van der Waals surface area contributed by atoms with E-state index in [2.05, 4.69) is 92.8 Å². The van der Waals surface area contributed by atoms with Gasteiger partial charge in [-0.3, -0.25) is 4.98 Å². The maximum absolute atomic E-state index is 4.97. The summed E-state index contributed by atoms with van der Waals surface area (Å²) >= 11 is 0. The Balaban J connectivity index is 1.04. The molecule has 2 aromatic carbocycles. The molecule has 2 saturated heterocycles. The Kier molecular flexibility index (Phi) is 5.23. The third kappa shape index (κ3) is 3.83. The molecule has 0 unspecified atom stereocenters. The second-order valence-corrected chi connectivity index (χ2v) is 9.96. The lowest BCUT2D eigenvalue weighted by Gasteiger charge is -2.42. The third-order valence-electron chi connectivity index (χ3n) is 7.78. The molecule has 0 spiro atoms. The van der Waals surface area contributed by atoms with Crippen LogP contribution in [0.25, 0.3) is 21.8 Å². The van der Waals surface area contributed by atoms with Crippen molar-refractivity contribution in [3.63, 3.8) is 0 Å². The predicted octanol–water partition coefficient (Wildman–Crippen LogP) is 5.56. The first-order chi connectivity index (χ1) is 17.8. The van der Waals surface area contributed by atoms with Gasteiger partial charge in [0.1, 0.15) is 5.82 Å². The van der Waals surface area contributed by atoms with Crippen LogP contribution >= 0.6 is 0 Å². The zero-order chi connectivity index (χ0) is 23.9. The van der Waals surface area contributed by atoms with E-state index in [4.69, 9.17) is 9.97 Å². The maximum atomic E-state index is 4.97. The van der Waals surface area contributed by atoms with Crippen molar-refractivity contribution in [2.45, 2.75) is 24.7 Å². The quantitative estimate of drug-likeness (QED) is 0.341. The van der Waals surface area contributed by atoms with Crippen LogP contribution in [-0.4, -0.2) is 46.3 Å². The summed E-state index contributed by atoms with van der Waals surface area (Å²) in [5, 5.41) is 11.3. The van der Waals surface area contributed by atoms with Gasteiger partial charge in [-0.1, -0.05) is 42.5 Å². The molecule has 0 aliphatic carbocycles. The van der Waals surface area contributed by atoms with E-state index in [-0.39, 0.29) is 0 Å². The van der Waals surface area contributed by atoms with E-state index in [0.29, 0.717) is 11.8 Å². The Bertz CT molecular complexity index is 1540. The molecular weight excluding hydrogens is 444 g/mol. The number of aromatic nitrogens is 4. The van der Waals surface area contributed by atoms with Crippen LogP contribution in [-0.2, 0) is 0 Å². The lowest BCUT2D eigenvalue weighted by molar-refractivity contribution is 0.481. The van der Waals surface area contributed by atoms with Crippen molar-refractivity contribution in [1.29, 1.82) is 0 Å². The molecule has 7 rings (SSSR count). The molecule has 6 nitrogen and oxygen atoms in total. The summed E-state index contributed by atoms with van der Waals surface area (Å²) in [7, 11) is 0. The summed E-state index contributed by atoms with van der Waals surface area (Å²) in [6.45, 7) is 3.88. The lowest BCUT2D eigenvalue weighted by Crippen LogP contribution is -2.46. The van der Waals surface area contributed by atoms with Gasteiger partial charge in [-0.05, 0) is 49.2 Å². The molecule has 0 atom stereocenters. The molecular formula is C30H28N6. The monoisotopic (exact) mass is 472 g/mol. The SMILES string of the molecule is c1ccc2nc(C3CCN(c4ccnnc4C4CN(c5ccc6ccccc6n5)C4)CC3)ccc2c1. The van der Waals surface area contributed by atoms with Gasteiger partial charge in [0.15, 0.2) is 0 Å². The van der Waals surface area contributed by atoms with Crippen molar-refractivity contribution in [2.24, 2.45) is 0 Å². The molecule has 178 valence electrons. The van der Waals surface area contributed by atoms with Gasteiger partial charge < -0.3 is 9.80 Å². The number of benzene rings is 2. The Morgan fingerprint density at radius 1 is 0.639 bits per heavy atom. The molecule has 6 heteroatoms. The summed E-state index contributed by atoms with van der Waals surface area (Å²) in [6.07, 6.45) is 4.03. The predicted molar refractivity (Wildman–Crippen MR) is 145 cm³/mol. The third-order valence-corrected chi connectivity index (χ3v) is 7.78. The summed E-state index contributed by atoms with van der Waals surface area (Å²) in [4.78, 5) is 14.7. The molecule has 5 heterocycles. The molecule has 36 heavy (non-hydrogen) atoms. The number of anilines is 2. The highest BCUT2D eigenvalue weighted by Gasteiger charge is 2.34. The fraction of sp³-hybridized carbons (Fsp3) is 0.267. The minimum absolute atomic E-state index is 0.377. The summed E-state index contributed by atoms with van der Waals surface area (Å²) < 4.78 is 0. The van der Waals surface area contributed by atoms with Gasteiger partial charge in [-0.2, -0.15) is 10.2 Å². The van der Waals surface area contributed by atoms with Crippen LogP contribution in [0.15, 0.2) is 85.1 Å². The van der Waals surface area contributed by atoms with Crippen molar-refractivity contribution < 1.29 is 0 Å². The number of rotatable bonds is 4. The van der Waals surface area contributed by atoms with Crippen LogP contribution in [0.4, 0.5) is 11.5 Å². The van der Waals surface area contributed by atoms with Crippen molar-refractivity contribution in [2.75, 3.05) is 36.0 Å². The summed E-state index contributed by atoms with van der Waals surface area (Å²) in [5.41, 5.74) is 5.72. The first-order valence-electron chi connectivity index (χ1n) is 12.8. The van der Waals surface area contributed by atoms with Crippen LogP contribution in [0, 0.1) is 0 Å². The largest absolute Gasteiger partial charge is 0.370 e. The standard InChI is InChI=1S/C30H28N6/c1-3-7-25-21(5-1)9-11-27(32-25)23-14-17-35(18-15-23)28-13-16-31-34-30(28)24-19-36(20-24)29-12-10-22-6-2-4-8-26(22)33-29/h1-13,16,23-24H,14-15,17-20H2. The number of para-hydroxylation sites is 2. The van der Waals surface area contributed by atoms with Crippen LogP contribution < -0.4 is 9.80 Å². The number of nitrogens with zero attached hydrogens (tertiary/aromatic N) is 6. The highest BCUT2D eigenvalue weighted by molar-refractivity contribution is 5.80. The first-order valence-corrected chi connectivity index (χ1v) is 12.8. The highest BCUT2D eigenvalue weighted by Crippen LogP contribution is 2.37. The molecule has 5 aromatic rings. The Morgan fingerprint density at radius 3 is 2.11 bits per heavy atom. The van der Waals surface area contributed by atoms with Crippen LogP contribution in [0.5, 0.6) is 0 Å². The van der Waals surface area contributed by atoms with Gasteiger partial charge in [0.25, 0.3) is 0 Å². The highest BCUT2D eigenvalue weighted by atomic mass is 15.3. The van der Waals surface area contributed by atoms with Gasteiger partial charge in [-0.15, -0.1) is 0 Å². The van der Waals surface area contributed by atoms with Gasteiger partial charge in [0, 0.05) is 54.5 Å². The zero-order valence-electron chi connectivity index (χ0n) is 20.2. The molecule has 2 aliphatic heterocycles. The number of piperidine rings is 1. The van der Waals surface area contributed by atoms with E-state index >= 15 is 0 Å². The summed E-state index contributed by atoms with van der Waals surface area (Å²) in [6, 6.07) is 27.5. The fourth-order valence-electron chi connectivity index (χ4n) is 5.69. The smallest absolute Gasteiger partial charge is 0.129 e. The lowest BCUT2D eigenvalue weighted by atomic mass is 9.90. The summed E-state index contributed by atoms with van der Waals surface area (Å²) in [5.74, 6) is 1.92. The second kappa shape index (κ2) is 8.86. The number of hydrogen-bond donors (Lipinski definition) is 0. The molecule has 0 N–H and O–H groups in total. The number of fused-ring (bicyclic) bond motifs is 2. The molecule has 2 fully saturated rings. The first kappa shape index (κ1) is 21.2. The minimum Gasteiger partial charge on any atom is -0.370 e. The van der Waals surface area contributed by atoms with E-state index < -0.39 is 0 Å². The normalized spacial score (nSPS) is 17.0. The molecule has 0 bridgehead atoms. The molecule has 3 aromatic heterocycles. The van der Waals surface area contributed by atoms with E-state index in [1.54, 1.807) is 0 Å². The molecule has 0 radical (unpaired) electrons. The van der Waals surface area contributed by atoms with Gasteiger partial charge in [0.2, 0.25) is 0 Å².